The van der Waals surface area contributed by atoms with Crippen molar-refractivity contribution in [2.24, 2.45) is 0 Å². The topological polar surface area (TPSA) is 80.9 Å². The molecule has 0 aliphatic carbocycles. The fraction of sp³-hybridized carbons (Fsp3) is 0.333. The van der Waals surface area contributed by atoms with Gasteiger partial charge in [0.25, 0.3) is 0 Å². The molecule has 0 bridgehead atoms. The molecule has 0 aliphatic heterocycles. The standard InChI is InChI=1S/C9H10O.C3H8O3/c1-2-5-8-6-3-4-7-9(8)10;4-1-3(6)2-5/h2-4,6-7,10H,1,5H2;3-6H,1-2H2. The zero-order valence-electron chi connectivity index (χ0n) is 9.08. The lowest BCUT2D eigenvalue weighted by molar-refractivity contribution is 0.0450. The fourth-order valence-electron chi connectivity index (χ4n) is 0.897. The van der Waals surface area contributed by atoms with Crippen molar-refractivity contribution in [3.05, 3.63) is 42.5 Å². The summed E-state index contributed by atoms with van der Waals surface area (Å²) in [6.07, 6.45) is 1.55. The number of phenolic OH excluding ortho intramolecular Hbond substituents is 1. The Morgan fingerprint density at radius 2 is 1.75 bits per heavy atom. The molecule has 4 N–H and O–H groups in total. The number of rotatable bonds is 4. The average Bonchev–Trinajstić information content (AvgIpc) is 2.32. The molecule has 0 heterocycles. The number of aliphatic hydroxyl groups excluding tert-OH is 3. The summed E-state index contributed by atoms with van der Waals surface area (Å²) in [4.78, 5) is 0. The quantitative estimate of drug-likeness (QED) is 0.562. The maximum absolute atomic E-state index is 9.19. The van der Waals surface area contributed by atoms with Gasteiger partial charge in [-0.05, 0) is 18.1 Å². The van der Waals surface area contributed by atoms with E-state index in [-0.39, 0.29) is 13.2 Å². The number of aliphatic hydroxyl groups is 3. The van der Waals surface area contributed by atoms with Gasteiger partial charge in [0.1, 0.15) is 11.9 Å². The van der Waals surface area contributed by atoms with Gasteiger partial charge in [-0.3, -0.25) is 0 Å². The number of allylic oxidation sites excluding steroid dienone is 1. The number of aromatic hydroxyl groups is 1. The number of benzene rings is 1. The molecule has 16 heavy (non-hydrogen) atoms. The summed E-state index contributed by atoms with van der Waals surface area (Å²) < 4.78 is 0. The van der Waals surface area contributed by atoms with E-state index < -0.39 is 6.10 Å². The second-order valence-corrected chi connectivity index (χ2v) is 3.14. The van der Waals surface area contributed by atoms with E-state index >= 15 is 0 Å². The highest BCUT2D eigenvalue weighted by Crippen LogP contribution is 2.15. The highest BCUT2D eigenvalue weighted by molar-refractivity contribution is 5.32. The van der Waals surface area contributed by atoms with Gasteiger partial charge < -0.3 is 20.4 Å². The summed E-state index contributed by atoms with van der Waals surface area (Å²) in [5.74, 6) is 0.349. The van der Waals surface area contributed by atoms with Crippen molar-refractivity contribution in [3.8, 4) is 5.75 Å². The first-order valence-corrected chi connectivity index (χ1v) is 4.93. The highest BCUT2D eigenvalue weighted by atomic mass is 16.3. The molecule has 90 valence electrons. The SMILES string of the molecule is C=CCc1ccccc1O.OCC(O)CO. The van der Waals surface area contributed by atoms with E-state index in [1.165, 1.54) is 0 Å². The molecule has 0 aliphatic rings. The lowest BCUT2D eigenvalue weighted by atomic mass is 10.1. The van der Waals surface area contributed by atoms with E-state index in [1.807, 2.05) is 18.2 Å². The minimum Gasteiger partial charge on any atom is -0.508 e. The van der Waals surface area contributed by atoms with Crippen LogP contribution in [-0.2, 0) is 6.42 Å². The highest BCUT2D eigenvalue weighted by Gasteiger charge is 1.94. The second-order valence-electron chi connectivity index (χ2n) is 3.14. The zero-order valence-corrected chi connectivity index (χ0v) is 9.08. The molecular weight excluding hydrogens is 208 g/mol. The molecule has 1 aromatic rings. The first-order chi connectivity index (χ1) is 7.65. The van der Waals surface area contributed by atoms with Crippen molar-refractivity contribution in [2.45, 2.75) is 12.5 Å². The molecule has 0 saturated heterocycles. The van der Waals surface area contributed by atoms with Crippen LogP contribution in [0.3, 0.4) is 0 Å². The third kappa shape index (κ3) is 6.19. The Morgan fingerprint density at radius 1 is 1.19 bits per heavy atom. The van der Waals surface area contributed by atoms with Gasteiger partial charge in [0.05, 0.1) is 13.2 Å². The van der Waals surface area contributed by atoms with Gasteiger partial charge in [-0.2, -0.15) is 0 Å². The number of phenols is 1. The Hall–Kier alpha value is -1.36. The van der Waals surface area contributed by atoms with Crippen LogP contribution < -0.4 is 0 Å². The van der Waals surface area contributed by atoms with E-state index in [4.69, 9.17) is 15.3 Å². The molecule has 1 aromatic carbocycles. The zero-order chi connectivity index (χ0) is 12.4. The summed E-state index contributed by atoms with van der Waals surface area (Å²) in [5.41, 5.74) is 0.928. The van der Waals surface area contributed by atoms with Gasteiger partial charge >= 0.3 is 0 Å². The Labute approximate surface area is 95.1 Å². The van der Waals surface area contributed by atoms with Crippen LogP contribution in [0, 0.1) is 0 Å². The third-order valence-electron chi connectivity index (χ3n) is 1.78. The summed E-state index contributed by atoms with van der Waals surface area (Å²) in [7, 11) is 0. The molecule has 0 spiro atoms. The Kier molecular flexibility index (Phi) is 8.15. The van der Waals surface area contributed by atoms with E-state index in [9.17, 15) is 5.11 Å². The van der Waals surface area contributed by atoms with Crippen LogP contribution in [-0.4, -0.2) is 39.7 Å². The molecule has 0 amide bonds. The van der Waals surface area contributed by atoms with E-state index in [0.717, 1.165) is 12.0 Å². The largest absolute Gasteiger partial charge is 0.508 e. The van der Waals surface area contributed by atoms with E-state index in [2.05, 4.69) is 6.58 Å². The van der Waals surface area contributed by atoms with Crippen LogP contribution in [0.25, 0.3) is 0 Å². The first kappa shape index (κ1) is 14.6. The molecule has 0 radical (unpaired) electrons. The summed E-state index contributed by atoms with van der Waals surface area (Å²) in [6.45, 7) is 2.86. The number of hydrogen-bond acceptors (Lipinski definition) is 4. The van der Waals surface area contributed by atoms with Crippen molar-refractivity contribution in [2.75, 3.05) is 13.2 Å². The van der Waals surface area contributed by atoms with Gasteiger partial charge in [0.15, 0.2) is 0 Å². The molecule has 0 aromatic heterocycles. The van der Waals surface area contributed by atoms with Crippen LogP contribution in [0.5, 0.6) is 5.75 Å². The van der Waals surface area contributed by atoms with Gasteiger partial charge in [-0.15, -0.1) is 6.58 Å². The molecule has 1 rings (SSSR count). The average molecular weight is 226 g/mol. The maximum Gasteiger partial charge on any atom is 0.119 e. The minimum atomic E-state index is -0.954. The normalized spacial score (nSPS) is 9.50. The smallest absolute Gasteiger partial charge is 0.119 e. The predicted molar refractivity (Wildman–Crippen MR) is 62.2 cm³/mol. The Bertz CT molecular complexity index is 295. The monoisotopic (exact) mass is 226 g/mol. The van der Waals surface area contributed by atoms with Crippen molar-refractivity contribution in [1.29, 1.82) is 0 Å². The van der Waals surface area contributed by atoms with Crippen molar-refractivity contribution in [3.63, 3.8) is 0 Å². The molecule has 0 saturated carbocycles. The van der Waals surface area contributed by atoms with Gasteiger partial charge in [-0.25, -0.2) is 0 Å². The van der Waals surface area contributed by atoms with Crippen molar-refractivity contribution in [1.82, 2.24) is 0 Å². The molecule has 0 fully saturated rings. The predicted octanol–water partition coefficient (Wildman–Crippen LogP) is 0.453. The van der Waals surface area contributed by atoms with Gasteiger partial charge in [0, 0.05) is 0 Å². The van der Waals surface area contributed by atoms with E-state index in [1.54, 1.807) is 12.1 Å². The van der Waals surface area contributed by atoms with Gasteiger partial charge in [0.2, 0.25) is 0 Å². The van der Waals surface area contributed by atoms with Crippen molar-refractivity contribution < 1.29 is 20.4 Å². The van der Waals surface area contributed by atoms with Crippen LogP contribution in [0.15, 0.2) is 36.9 Å². The van der Waals surface area contributed by atoms with Gasteiger partial charge in [-0.1, -0.05) is 24.3 Å². The number of hydrogen-bond donors (Lipinski definition) is 4. The fourth-order valence-corrected chi connectivity index (χ4v) is 0.897. The minimum absolute atomic E-state index is 0.349. The molecule has 4 heteroatoms. The van der Waals surface area contributed by atoms with Crippen molar-refractivity contribution >= 4 is 0 Å². The molecule has 4 nitrogen and oxygen atoms in total. The molecule has 0 unspecified atom stereocenters. The lowest BCUT2D eigenvalue weighted by Gasteiger charge is -1.97. The molecular formula is C12H18O4. The molecule has 0 atom stereocenters. The van der Waals surface area contributed by atoms with Crippen LogP contribution in [0.1, 0.15) is 5.56 Å². The number of para-hydroxylation sites is 1. The third-order valence-corrected chi connectivity index (χ3v) is 1.78. The lowest BCUT2D eigenvalue weighted by Crippen LogP contribution is -2.15. The summed E-state index contributed by atoms with van der Waals surface area (Å²) in [5, 5.41) is 33.2. The Balaban J connectivity index is 0.000000325. The first-order valence-electron chi connectivity index (χ1n) is 4.93. The summed E-state index contributed by atoms with van der Waals surface area (Å²) >= 11 is 0. The summed E-state index contributed by atoms with van der Waals surface area (Å²) in [6, 6.07) is 7.27. The van der Waals surface area contributed by atoms with Crippen LogP contribution in [0.2, 0.25) is 0 Å². The Morgan fingerprint density at radius 3 is 2.12 bits per heavy atom. The second kappa shape index (κ2) is 8.91. The van der Waals surface area contributed by atoms with Crippen LogP contribution in [0.4, 0.5) is 0 Å². The van der Waals surface area contributed by atoms with E-state index in [0.29, 0.717) is 5.75 Å². The maximum atomic E-state index is 9.19. The van der Waals surface area contributed by atoms with Crippen LogP contribution >= 0.6 is 0 Å².